The summed E-state index contributed by atoms with van der Waals surface area (Å²) >= 11 is 0. The molecule has 0 aromatic heterocycles. The number of nitrogens with one attached hydrogen (secondary N) is 1. The minimum Gasteiger partial charge on any atom is -0.475 e. The monoisotopic (exact) mass is 547 g/mol. The van der Waals surface area contributed by atoms with Crippen molar-refractivity contribution in [1.82, 2.24) is 10.2 Å². The first-order valence-electron chi connectivity index (χ1n) is 10.8. The molecular weight excluding hydrogens is 512 g/mol. The highest BCUT2D eigenvalue weighted by Crippen LogP contribution is 2.32. The molecule has 0 saturated heterocycles. The van der Waals surface area contributed by atoms with Gasteiger partial charge in [0.2, 0.25) is 5.91 Å². The van der Waals surface area contributed by atoms with Gasteiger partial charge in [-0.2, -0.15) is 26.3 Å². The predicted octanol–water partition coefficient (Wildman–Crippen LogP) is 4.00. The lowest BCUT2D eigenvalue weighted by atomic mass is 9.82. The first-order chi connectivity index (χ1) is 16.5. The molecule has 1 amide bonds. The van der Waals surface area contributed by atoms with Crippen LogP contribution in [-0.2, 0) is 20.8 Å². The molecule has 0 fully saturated rings. The molecule has 214 valence electrons. The second kappa shape index (κ2) is 14.8. The van der Waals surface area contributed by atoms with Crippen LogP contribution >= 0.6 is 0 Å². The number of carbonyl (C=O) groups excluding carboxylic acids is 1. The minimum atomic E-state index is -5.08. The van der Waals surface area contributed by atoms with Crippen LogP contribution in [0.2, 0.25) is 0 Å². The molecule has 2 unspecified atom stereocenters. The fraction of sp³-hybridized carbons (Fsp3) is 0.609. The Labute approximate surface area is 211 Å². The minimum absolute atomic E-state index is 0.00753. The van der Waals surface area contributed by atoms with Crippen LogP contribution in [0.1, 0.15) is 51.8 Å². The number of hydrogen-bond donors (Lipinski definition) is 4. The number of hydrogen-bond acceptors (Lipinski definition) is 5. The molecule has 0 saturated carbocycles. The standard InChI is InChI=1S/C19H33N3O.2C2HF3O2/c1-13(2)22(7)18(23)16(20)12-14-8-10-15(11-9-14)17(21-6)19(3,4)5;2*3-2(4,5)1(6)7/h8-11,13,16-17,21H,12,20H2,1-7H3;2*(H,6,7). The van der Waals surface area contributed by atoms with E-state index in [-0.39, 0.29) is 17.4 Å². The van der Waals surface area contributed by atoms with Crippen LogP contribution in [0.15, 0.2) is 24.3 Å². The van der Waals surface area contributed by atoms with Crippen molar-refractivity contribution < 1.29 is 50.9 Å². The molecule has 0 bridgehead atoms. The lowest BCUT2D eigenvalue weighted by Gasteiger charge is -2.31. The number of carboxylic acids is 2. The maximum atomic E-state index is 12.2. The number of carboxylic acid groups (broad SMARTS) is 2. The van der Waals surface area contributed by atoms with E-state index in [2.05, 4.69) is 50.4 Å². The number of halogens is 6. The molecule has 1 aromatic carbocycles. The van der Waals surface area contributed by atoms with E-state index in [4.69, 9.17) is 25.5 Å². The summed E-state index contributed by atoms with van der Waals surface area (Å²) in [5, 5.41) is 17.6. The average Bonchev–Trinajstić information content (AvgIpc) is 2.72. The number of nitrogens with two attached hydrogens (primary N) is 1. The number of alkyl halides is 6. The maximum absolute atomic E-state index is 12.2. The van der Waals surface area contributed by atoms with Gasteiger partial charge in [0.15, 0.2) is 0 Å². The van der Waals surface area contributed by atoms with Gasteiger partial charge in [0, 0.05) is 19.1 Å². The zero-order valence-electron chi connectivity index (χ0n) is 21.7. The SMILES string of the molecule is CNC(c1ccc(CC(N)C(=O)N(C)C(C)C)cc1)C(C)(C)C.O=C(O)C(F)(F)F.O=C(O)C(F)(F)F. The van der Waals surface area contributed by atoms with Gasteiger partial charge in [-0.25, -0.2) is 9.59 Å². The summed E-state index contributed by atoms with van der Waals surface area (Å²) in [6, 6.07) is 8.38. The van der Waals surface area contributed by atoms with Gasteiger partial charge in [0.05, 0.1) is 6.04 Å². The Morgan fingerprint density at radius 1 is 0.919 bits per heavy atom. The molecule has 5 N–H and O–H groups in total. The molecular formula is C23H35F6N3O5. The van der Waals surface area contributed by atoms with Crippen LogP contribution < -0.4 is 11.1 Å². The van der Waals surface area contributed by atoms with Crippen molar-refractivity contribution in [3.63, 3.8) is 0 Å². The zero-order chi connectivity index (χ0) is 29.9. The van der Waals surface area contributed by atoms with Gasteiger partial charge in [-0.15, -0.1) is 0 Å². The van der Waals surface area contributed by atoms with Crippen molar-refractivity contribution >= 4 is 17.8 Å². The van der Waals surface area contributed by atoms with Crippen molar-refractivity contribution in [3.8, 4) is 0 Å². The van der Waals surface area contributed by atoms with Gasteiger partial charge in [-0.05, 0) is 43.9 Å². The third-order valence-corrected chi connectivity index (χ3v) is 4.85. The second-order valence-corrected chi connectivity index (χ2v) is 9.29. The molecule has 1 rings (SSSR count). The largest absolute Gasteiger partial charge is 0.490 e. The number of likely N-dealkylation sites (N-methyl/N-ethyl adjacent to an activating group) is 1. The van der Waals surface area contributed by atoms with Crippen molar-refractivity contribution in [2.24, 2.45) is 11.1 Å². The van der Waals surface area contributed by atoms with Crippen LogP contribution in [0.4, 0.5) is 26.3 Å². The van der Waals surface area contributed by atoms with E-state index in [1.165, 1.54) is 5.56 Å². The molecule has 14 heteroatoms. The van der Waals surface area contributed by atoms with E-state index in [1.54, 1.807) is 11.9 Å². The number of aliphatic carboxylic acids is 2. The molecule has 37 heavy (non-hydrogen) atoms. The summed E-state index contributed by atoms with van der Waals surface area (Å²) in [5.74, 6) is -5.52. The van der Waals surface area contributed by atoms with Crippen LogP contribution in [-0.4, -0.2) is 71.5 Å². The highest BCUT2D eigenvalue weighted by atomic mass is 19.4. The van der Waals surface area contributed by atoms with Crippen molar-refractivity contribution in [1.29, 1.82) is 0 Å². The fourth-order valence-electron chi connectivity index (χ4n) is 2.80. The average molecular weight is 548 g/mol. The van der Waals surface area contributed by atoms with Crippen LogP contribution in [0.3, 0.4) is 0 Å². The van der Waals surface area contributed by atoms with E-state index < -0.39 is 30.3 Å². The molecule has 0 radical (unpaired) electrons. The van der Waals surface area contributed by atoms with Gasteiger partial charge < -0.3 is 26.2 Å². The smallest absolute Gasteiger partial charge is 0.475 e. The Kier molecular flexibility index (Phi) is 14.5. The summed E-state index contributed by atoms with van der Waals surface area (Å²) < 4.78 is 63.5. The quantitative estimate of drug-likeness (QED) is 0.396. The highest BCUT2D eigenvalue weighted by Gasteiger charge is 2.38. The van der Waals surface area contributed by atoms with E-state index in [0.29, 0.717) is 12.5 Å². The lowest BCUT2D eigenvalue weighted by molar-refractivity contribution is -0.193. The Bertz CT molecular complexity index is 842. The molecule has 0 heterocycles. The summed E-state index contributed by atoms with van der Waals surface area (Å²) in [6.45, 7) is 10.6. The van der Waals surface area contributed by atoms with Crippen molar-refractivity contribution in [2.45, 2.75) is 71.5 Å². The topological polar surface area (TPSA) is 133 Å². The molecule has 0 aliphatic rings. The normalized spacial score (nSPS) is 13.4. The Morgan fingerprint density at radius 2 is 1.27 bits per heavy atom. The van der Waals surface area contributed by atoms with Gasteiger partial charge >= 0.3 is 24.3 Å². The van der Waals surface area contributed by atoms with E-state index in [9.17, 15) is 31.1 Å². The molecule has 8 nitrogen and oxygen atoms in total. The van der Waals surface area contributed by atoms with Crippen molar-refractivity contribution in [2.75, 3.05) is 14.1 Å². The van der Waals surface area contributed by atoms with E-state index in [0.717, 1.165) is 5.56 Å². The fourth-order valence-corrected chi connectivity index (χ4v) is 2.80. The third-order valence-electron chi connectivity index (χ3n) is 4.85. The lowest BCUT2D eigenvalue weighted by Crippen LogP contribution is -2.45. The number of rotatable bonds is 6. The molecule has 0 aliphatic carbocycles. The number of nitrogens with zero attached hydrogens (tertiary/aromatic N) is 1. The predicted molar refractivity (Wildman–Crippen MR) is 125 cm³/mol. The number of amides is 1. The first kappa shape index (κ1) is 36.3. The molecule has 0 spiro atoms. The molecule has 1 aromatic rings. The molecule has 0 aliphatic heterocycles. The van der Waals surface area contributed by atoms with E-state index >= 15 is 0 Å². The third kappa shape index (κ3) is 14.5. The zero-order valence-corrected chi connectivity index (χ0v) is 21.7. The van der Waals surface area contributed by atoms with Crippen molar-refractivity contribution in [3.05, 3.63) is 35.4 Å². The number of carbonyl (C=O) groups is 3. The van der Waals surface area contributed by atoms with E-state index in [1.807, 2.05) is 20.9 Å². The summed E-state index contributed by atoms with van der Waals surface area (Å²) in [7, 11) is 3.79. The first-order valence-corrected chi connectivity index (χ1v) is 10.8. The summed E-state index contributed by atoms with van der Waals surface area (Å²) in [4.78, 5) is 31.7. The number of benzene rings is 1. The summed E-state index contributed by atoms with van der Waals surface area (Å²) in [5.41, 5.74) is 8.56. The Balaban J connectivity index is 0. The maximum Gasteiger partial charge on any atom is 0.490 e. The van der Waals surface area contributed by atoms with Crippen LogP contribution in [0.5, 0.6) is 0 Å². The van der Waals surface area contributed by atoms with Gasteiger partial charge in [0.1, 0.15) is 0 Å². The van der Waals surface area contributed by atoms with Crippen LogP contribution in [0, 0.1) is 5.41 Å². The van der Waals surface area contributed by atoms with Gasteiger partial charge in [-0.1, -0.05) is 45.0 Å². The summed E-state index contributed by atoms with van der Waals surface area (Å²) in [6.07, 6.45) is -9.60. The highest BCUT2D eigenvalue weighted by molar-refractivity contribution is 5.82. The second-order valence-electron chi connectivity index (χ2n) is 9.29. The Morgan fingerprint density at radius 3 is 1.51 bits per heavy atom. The van der Waals surface area contributed by atoms with Crippen LogP contribution in [0.25, 0.3) is 0 Å². The van der Waals surface area contributed by atoms with Gasteiger partial charge in [0.25, 0.3) is 0 Å². The Hall–Kier alpha value is -2.87. The molecule has 2 atom stereocenters. The van der Waals surface area contributed by atoms with Gasteiger partial charge in [-0.3, -0.25) is 4.79 Å².